The molecule has 0 bridgehead atoms. The van der Waals surface area contributed by atoms with Crippen LogP contribution in [0.3, 0.4) is 0 Å². The number of ether oxygens (including phenoxy) is 2. The maximum atomic E-state index is 14.0. The van der Waals surface area contributed by atoms with E-state index in [4.69, 9.17) is 21.1 Å². The largest absolute Gasteiger partial charge is 0.492 e. The fraction of sp³-hybridized carbons (Fsp3) is 0.333. The first-order chi connectivity index (χ1) is 19.8. The van der Waals surface area contributed by atoms with Crippen molar-refractivity contribution >= 4 is 39.1 Å². The topological polar surface area (TPSA) is 105 Å². The van der Waals surface area contributed by atoms with E-state index in [9.17, 15) is 18.0 Å². The van der Waals surface area contributed by atoms with Crippen molar-refractivity contribution in [2.45, 2.75) is 37.3 Å². The zero-order chi connectivity index (χ0) is 29.0. The summed E-state index contributed by atoms with van der Waals surface area (Å²) in [5.41, 5.74) is 1.50. The molecular weight excluding hydrogens is 566 g/mol. The molecule has 2 atom stereocenters. The Kier molecular flexibility index (Phi) is 8.82. The molecule has 3 aromatic rings. The summed E-state index contributed by atoms with van der Waals surface area (Å²) in [5, 5.41) is 3.17. The van der Waals surface area contributed by atoms with E-state index in [-0.39, 0.29) is 47.1 Å². The summed E-state index contributed by atoms with van der Waals surface area (Å²) in [4.78, 5) is 28.6. The highest BCUT2D eigenvalue weighted by Crippen LogP contribution is 2.37. The highest BCUT2D eigenvalue weighted by molar-refractivity contribution is 7.89. The Morgan fingerprint density at radius 1 is 1.05 bits per heavy atom. The van der Waals surface area contributed by atoms with Crippen molar-refractivity contribution in [2.24, 2.45) is 5.92 Å². The zero-order valence-electron chi connectivity index (χ0n) is 22.7. The Bertz CT molecular complexity index is 1520. The minimum absolute atomic E-state index is 0.00361. The Hall–Kier alpha value is -3.60. The van der Waals surface area contributed by atoms with E-state index >= 15 is 0 Å². The van der Waals surface area contributed by atoms with Gasteiger partial charge in [0, 0.05) is 24.7 Å². The van der Waals surface area contributed by atoms with Crippen LogP contribution in [0.5, 0.6) is 11.5 Å². The van der Waals surface area contributed by atoms with Crippen molar-refractivity contribution in [2.75, 3.05) is 31.1 Å². The first kappa shape index (κ1) is 28.9. The van der Waals surface area contributed by atoms with Gasteiger partial charge in [-0.1, -0.05) is 54.1 Å². The van der Waals surface area contributed by atoms with E-state index < -0.39 is 22.0 Å². The molecule has 0 radical (unpaired) electrons. The molecule has 0 aliphatic carbocycles. The average Bonchev–Trinajstić information content (AvgIpc) is 3.00. The smallest absolute Gasteiger partial charge is 0.263 e. The number of rotatable bonds is 8. The van der Waals surface area contributed by atoms with Gasteiger partial charge in [0.05, 0.1) is 24.8 Å². The number of nitrogens with zero attached hydrogens (tertiary/aromatic N) is 2. The van der Waals surface area contributed by atoms with E-state index in [0.717, 1.165) is 5.56 Å². The van der Waals surface area contributed by atoms with Gasteiger partial charge >= 0.3 is 0 Å². The van der Waals surface area contributed by atoms with Crippen LogP contribution >= 0.6 is 11.6 Å². The summed E-state index contributed by atoms with van der Waals surface area (Å²) in [6, 6.07) is 21.1. The van der Waals surface area contributed by atoms with Gasteiger partial charge < -0.3 is 19.7 Å². The summed E-state index contributed by atoms with van der Waals surface area (Å²) in [5.74, 6) is -0.548. The first-order valence-corrected chi connectivity index (χ1v) is 15.4. The van der Waals surface area contributed by atoms with Crippen molar-refractivity contribution < 1.29 is 27.5 Å². The second kappa shape index (κ2) is 12.5. The highest BCUT2D eigenvalue weighted by atomic mass is 35.5. The number of carbonyl (C=O) groups is 2. The number of carbonyl (C=O) groups excluding carboxylic acids is 2. The lowest BCUT2D eigenvalue weighted by Gasteiger charge is -2.38. The number of piperidine rings is 1. The van der Waals surface area contributed by atoms with Crippen molar-refractivity contribution in [1.29, 1.82) is 0 Å². The molecule has 41 heavy (non-hydrogen) atoms. The third kappa shape index (κ3) is 6.34. The molecule has 0 saturated carbocycles. The summed E-state index contributed by atoms with van der Waals surface area (Å²) >= 11 is 6.14. The molecule has 0 unspecified atom stereocenters. The van der Waals surface area contributed by atoms with Crippen molar-refractivity contribution in [3.8, 4) is 11.5 Å². The van der Waals surface area contributed by atoms with Crippen molar-refractivity contribution in [1.82, 2.24) is 9.62 Å². The van der Waals surface area contributed by atoms with Gasteiger partial charge in [0.1, 0.15) is 16.4 Å². The van der Waals surface area contributed by atoms with Gasteiger partial charge in [-0.05, 0) is 55.7 Å². The predicted molar refractivity (Wildman–Crippen MR) is 156 cm³/mol. The molecule has 2 heterocycles. The van der Waals surface area contributed by atoms with Crippen LogP contribution in [0, 0.1) is 5.92 Å². The van der Waals surface area contributed by atoms with Gasteiger partial charge in [0.2, 0.25) is 15.9 Å². The van der Waals surface area contributed by atoms with Gasteiger partial charge in [-0.3, -0.25) is 9.59 Å². The van der Waals surface area contributed by atoms with Crippen molar-refractivity contribution in [3.05, 3.63) is 83.4 Å². The number of benzene rings is 3. The molecule has 3 aromatic carbocycles. The number of amides is 2. The van der Waals surface area contributed by atoms with Gasteiger partial charge in [0.15, 0.2) is 6.10 Å². The number of anilines is 1. The van der Waals surface area contributed by atoms with Crippen LogP contribution in [0.4, 0.5) is 5.69 Å². The standard InChI is InChI=1S/C30H32ClN3O6S/c1-2-39-26-15-14-23(31)17-28(26)41(37,38)33-16-8-11-22(19-33)30(36)34-20-27(40-25-13-7-6-12-24(25)34)29(35)32-18-21-9-4-3-5-10-21/h3-7,9-10,12-15,17,22,27H,2,8,11,16,18-20H2,1H3,(H,32,35)/t22-,27+/m1/s1. The number of para-hydroxylation sites is 2. The quantitative estimate of drug-likeness (QED) is 0.416. The van der Waals surface area contributed by atoms with Crippen LogP contribution in [0.1, 0.15) is 25.3 Å². The Morgan fingerprint density at radius 3 is 2.59 bits per heavy atom. The van der Waals surface area contributed by atoms with Gasteiger partial charge in [-0.25, -0.2) is 8.42 Å². The summed E-state index contributed by atoms with van der Waals surface area (Å²) < 4.78 is 40.3. The van der Waals surface area contributed by atoms with Gasteiger partial charge in [-0.2, -0.15) is 4.31 Å². The maximum Gasteiger partial charge on any atom is 0.263 e. The minimum Gasteiger partial charge on any atom is -0.492 e. The Morgan fingerprint density at radius 2 is 1.80 bits per heavy atom. The van der Waals surface area contributed by atoms with E-state index in [1.807, 2.05) is 30.3 Å². The van der Waals surface area contributed by atoms with Crippen LogP contribution in [0.15, 0.2) is 77.7 Å². The molecule has 5 rings (SSSR count). The normalized spacial score (nSPS) is 19.1. The average molecular weight is 598 g/mol. The molecular formula is C30H32ClN3O6S. The fourth-order valence-corrected chi connectivity index (χ4v) is 7.08. The number of hydrogen-bond donors (Lipinski definition) is 1. The molecule has 0 spiro atoms. The lowest BCUT2D eigenvalue weighted by Crippen LogP contribution is -2.53. The molecule has 1 fully saturated rings. The molecule has 1 saturated heterocycles. The molecule has 11 heteroatoms. The minimum atomic E-state index is -3.99. The molecule has 1 N–H and O–H groups in total. The van der Waals surface area contributed by atoms with Crippen LogP contribution in [-0.4, -0.2) is 56.9 Å². The third-order valence-corrected chi connectivity index (χ3v) is 9.32. The first-order valence-electron chi connectivity index (χ1n) is 13.6. The number of halogens is 1. The van der Waals surface area contributed by atoms with Crippen molar-refractivity contribution in [3.63, 3.8) is 0 Å². The zero-order valence-corrected chi connectivity index (χ0v) is 24.2. The van der Waals surface area contributed by atoms with E-state index in [0.29, 0.717) is 37.4 Å². The fourth-order valence-electron chi connectivity index (χ4n) is 5.16. The lowest BCUT2D eigenvalue weighted by atomic mass is 9.97. The van der Waals surface area contributed by atoms with E-state index in [1.54, 1.807) is 48.2 Å². The Labute approximate surface area is 245 Å². The second-order valence-electron chi connectivity index (χ2n) is 9.95. The highest BCUT2D eigenvalue weighted by Gasteiger charge is 2.40. The van der Waals surface area contributed by atoms with E-state index in [2.05, 4.69) is 5.32 Å². The maximum absolute atomic E-state index is 14.0. The number of fused-ring (bicyclic) bond motifs is 1. The number of hydrogen-bond acceptors (Lipinski definition) is 6. The van der Waals surface area contributed by atoms with Crippen LogP contribution in [0.25, 0.3) is 0 Å². The molecule has 216 valence electrons. The number of nitrogens with one attached hydrogen (secondary N) is 1. The van der Waals surface area contributed by atoms with Crippen LogP contribution in [0.2, 0.25) is 5.02 Å². The van der Waals surface area contributed by atoms with Gasteiger partial charge in [0.25, 0.3) is 5.91 Å². The third-order valence-electron chi connectivity index (χ3n) is 7.20. The monoisotopic (exact) mass is 597 g/mol. The van der Waals surface area contributed by atoms with Crippen LogP contribution in [-0.2, 0) is 26.2 Å². The van der Waals surface area contributed by atoms with Crippen LogP contribution < -0.4 is 19.7 Å². The molecule has 2 aliphatic rings. The molecule has 2 aliphatic heterocycles. The second-order valence-corrected chi connectivity index (χ2v) is 12.3. The summed E-state index contributed by atoms with van der Waals surface area (Å²) in [7, 11) is -3.99. The molecule has 2 amide bonds. The Balaban J connectivity index is 1.35. The predicted octanol–water partition coefficient (Wildman–Crippen LogP) is 4.25. The molecule has 0 aromatic heterocycles. The lowest BCUT2D eigenvalue weighted by molar-refractivity contribution is -0.129. The summed E-state index contributed by atoms with van der Waals surface area (Å²) in [6.45, 7) is 2.69. The number of sulfonamides is 1. The SMILES string of the molecule is CCOc1ccc(Cl)cc1S(=O)(=O)N1CCC[C@@H](C(=O)N2C[C@@H](C(=O)NCc3ccccc3)Oc3ccccc32)C1. The summed E-state index contributed by atoms with van der Waals surface area (Å²) in [6.07, 6.45) is 0.109. The van der Waals surface area contributed by atoms with Gasteiger partial charge in [-0.15, -0.1) is 0 Å². The van der Waals surface area contributed by atoms with E-state index in [1.165, 1.54) is 10.4 Å². The molecule has 9 nitrogen and oxygen atoms in total.